The largest absolute Gasteiger partial charge is 0.461 e. The van der Waals surface area contributed by atoms with Crippen molar-refractivity contribution in [1.82, 2.24) is 9.88 Å². The van der Waals surface area contributed by atoms with Crippen LogP contribution in [0.4, 0.5) is 0 Å². The molecule has 0 aromatic carbocycles. The van der Waals surface area contributed by atoms with Crippen LogP contribution < -0.4 is 0 Å². The van der Waals surface area contributed by atoms with Gasteiger partial charge in [-0.25, -0.2) is 9.78 Å². The quantitative estimate of drug-likeness (QED) is 0.466. The van der Waals surface area contributed by atoms with Crippen LogP contribution in [0.3, 0.4) is 0 Å². The number of thiazole rings is 1. The summed E-state index contributed by atoms with van der Waals surface area (Å²) in [5.74, 6) is -0.328. The summed E-state index contributed by atoms with van der Waals surface area (Å²) in [5.41, 5.74) is 0.230. The molecule has 25 heavy (non-hydrogen) atoms. The number of nitrogens with zero attached hydrogens (tertiary/aromatic N) is 2. The van der Waals surface area contributed by atoms with Gasteiger partial charge in [0, 0.05) is 31.6 Å². The van der Waals surface area contributed by atoms with Gasteiger partial charge >= 0.3 is 5.97 Å². The second-order valence-corrected chi connectivity index (χ2v) is 7.89. The maximum atomic E-state index is 12.6. The van der Waals surface area contributed by atoms with Gasteiger partial charge < -0.3 is 14.4 Å². The molecule has 0 saturated heterocycles. The fourth-order valence-corrected chi connectivity index (χ4v) is 2.98. The lowest BCUT2D eigenvalue weighted by atomic mass is 9.91. The third-order valence-corrected chi connectivity index (χ3v) is 4.15. The number of carbonyl (C=O) groups is 2. The van der Waals surface area contributed by atoms with Gasteiger partial charge in [-0.2, -0.15) is 0 Å². The van der Waals surface area contributed by atoms with E-state index in [0.717, 1.165) is 11.4 Å². The van der Waals surface area contributed by atoms with Crippen molar-refractivity contribution in [3.05, 3.63) is 16.1 Å². The molecule has 1 aromatic rings. The molecule has 0 radical (unpaired) electrons. The Morgan fingerprint density at radius 2 is 1.96 bits per heavy atom. The SMILES string of the molecule is CCOCCCN(Cc1nc(C(=O)OCC)cs1)C(=O)CC(C)(C)C. The molecule has 1 rings (SSSR count). The molecule has 0 atom stereocenters. The molecule has 0 spiro atoms. The number of hydrogen-bond acceptors (Lipinski definition) is 6. The van der Waals surface area contributed by atoms with Crippen LogP contribution in [0.15, 0.2) is 5.38 Å². The first-order valence-electron chi connectivity index (χ1n) is 8.74. The number of carbonyl (C=O) groups excluding carboxylic acids is 2. The van der Waals surface area contributed by atoms with Crippen LogP contribution in [0.5, 0.6) is 0 Å². The first-order chi connectivity index (χ1) is 11.8. The van der Waals surface area contributed by atoms with Gasteiger partial charge in [0.15, 0.2) is 5.69 Å². The third-order valence-electron chi connectivity index (χ3n) is 3.32. The van der Waals surface area contributed by atoms with E-state index in [0.29, 0.717) is 45.0 Å². The van der Waals surface area contributed by atoms with E-state index in [1.165, 1.54) is 11.3 Å². The van der Waals surface area contributed by atoms with Crippen molar-refractivity contribution in [1.29, 1.82) is 0 Å². The lowest BCUT2D eigenvalue weighted by molar-refractivity contribution is -0.133. The number of amides is 1. The topological polar surface area (TPSA) is 68.7 Å². The zero-order valence-electron chi connectivity index (χ0n) is 16.0. The van der Waals surface area contributed by atoms with Gasteiger partial charge in [0.05, 0.1) is 13.2 Å². The van der Waals surface area contributed by atoms with Gasteiger partial charge in [-0.05, 0) is 25.7 Å². The Kier molecular flexibility index (Phi) is 9.06. The summed E-state index contributed by atoms with van der Waals surface area (Å²) >= 11 is 1.37. The molecule has 1 heterocycles. The van der Waals surface area contributed by atoms with Crippen LogP contribution in [0, 0.1) is 5.41 Å². The highest BCUT2D eigenvalue weighted by Gasteiger charge is 2.22. The van der Waals surface area contributed by atoms with Crippen molar-refractivity contribution in [3.63, 3.8) is 0 Å². The maximum Gasteiger partial charge on any atom is 0.357 e. The highest BCUT2D eigenvalue weighted by molar-refractivity contribution is 7.09. The summed E-state index contributed by atoms with van der Waals surface area (Å²) in [7, 11) is 0. The molecule has 7 heteroatoms. The Bertz CT molecular complexity index is 552. The second kappa shape index (κ2) is 10.5. The molecule has 0 saturated carbocycles. The Balaban J connectivity index is 2.74. The van der Waals surface area contributed by atoms with Crippen LogP contribution in [0.2, 0.25) is 0 Å². The summed E-state index contributed by atoms with van der Waals surface area (Å²) < 4.78 is 10.3. The molecular formula is C18H30N2O4S. The van der Waals surface area contributed by atoms with E-state index in [1.807, 2.05) is 27.7 Å². The number of aromatic nitrogens is 1. The molecular weight excluding hydrogens is 340 g/mol. The fourth-order valence-electron chi connectivity index (χ4n) is 2.20. The van der Waals surface area contributed by atoms with Crippen molar-refractivity contribution in [3.8, 4) is 0 Å². The molecule has 0 N–H and O–H groups in total. The standard InChI is InChI=1S/C18H30N2O4S/c1-6-23-10-8-9-20(16(21)11-18(3,4)5)12-15-19-14(13-25-15)17(22)24-7-2/h13H,6-12H2,1-5H3. The van der Waals surface area contributed by atoms with Crippen molar-refractivity contribution in [2.75, 3.05) is 26.4 Å². The second-order valence-electron chi connectivity index (χ2n) is 6.95. The van der Waals surface area contributed by atoms with E-state index in [1.54, 1.807) is 17.2 Å². The number of rotatable bonds is 10. The minimum atomic E-state index is -0.422. The number of hydrogen-bond donors (Lipinski definition) is 0. The Hall–Kier alpha value is -1.47. The predicted octanol–water partition coefficient (Wildman–Crippen LogP) is 3.51. The lowest BCUT2D eigenvalue weighted by Gasteiger charge is -2.26. The number of ether oxygens (including phenoxy) is 2. The highest BCUT2D eigenvalue weighted by atomic mass is 32.1. The molecule has 0 fully saturated rings. The molecule has 142 valence electrons. The van der Waals surface area contributed by atoms with Gasteiger partial charge in [-0.1, -0.05) is 20.8 Å². The molecule has 0 aliphatic carbocycles. The van der Waals surface area contributed by atoms with Gasteiger partial charge in [0.25, 0.3) is 0 Å². The average molecular weight is 371 g/mol. The van der Waals surface area contributed by atoms with E-state index in [4.69, 9.17) is 9.47 Å². The van der Waals surface area contributed by atoms with Crippen molar-refractivity contribution in [2.45, 2.75) is 54.0 Å². The summed E-state index contributed by atoms with van der Waals surface area (Å²) in [5, 5.41) is 2.42. The van der Waals surface area contributed by atoms with Crippen LogP contribution in [0.1, 0.15) is 63.0 Å². The smallest absolute Gasteiger partial charge is 0.357 e. The van der Waals surface area contributed by atoms with Crippen LogP contribution in [0.25, 0.3) is 0 Å². The van der Waals surface area contributed by atoms with Crippen molar-refractivity contribution >= 4 is 23.2 Å². The van der Waals surface area contributed by atoms with E-state index >= 15 is 0 Å². The van der Waals surface area contributed by atoms with E-state index in [9.17, 15) is 9.59 Å². The highest BCUT2D eigenvalue weighted by Crippen LogP contribution is 2.21. The molecule has 0 aliphatic heterocycles. The normalized spacial score (nSPS) is 11.4. The molecule has 6 nitrogen and oxygen atoms in total. The lowest BCUT2D eigenvalue weighted by Crippen LogP contribution is -2.34. The third kappa shape index (κ3) is 8.45. The fraction of sp³-hybridized carbons (Fsp3) is 0.722. The zero-order valence-corrected chi connectivity index (χ0v) is 16.8. The van der Waals surface area contributed by atoms with E-state index in [2.05, 4.69) is 4.98 Å². The Morgan fingerprint density at radius 3 is 2.56 bits per heavy atom. The summed E-state index contributed by atoms with van der Waals surface area (Å²) in [6.07, 6.45) is 1.25. The molecule has 1 aromatic heterocycles. The zero-order chi connectivity index (χ0) is 18.9. The van der Waals surface area contributed by atoms with E-state index in [-0.39, 0.29) is 11.3 Å². The Labute approximate surface area is 154 Å². The van der Waals surface area contributed by atoms with E-state index < -0.39 is 5.97 Å². The van der Waals surface area contributed by atoms with Crippen LogP contribution in [-0.2, 0) is 20.8 Å². The van der Waals surface area contributed by atoms with Gasteiger partial charge in [0.2, 0.25) is 5.91 Å². The molecule has 0 aliphatic rings. The summed E-state index contributed by atoms with van der Waals surface area (Å²) in [6, 6.07) is 0. The number of esters is 1. The van der Waals surface area contributed by atoms with Crippen LogP contribution in [-0.4, -0.2) is 48.1 Å². The minimum absolute atomic E-state index is 0.0752. The van der Waals surface area contributed by atoms with Crippen molar-refractivity contribution in [2.24, 2.45) is 5.41 Å². The average Bonchev–Trinajstić information content (AvgIpc) is 2.97. The Morgan fingerprint density at radius 1 is 1.24 bits per heavy atom. The molecule has 1 amide bonds. The predicted molar refractivity (Wildman–Crippen MR) is 98.7 cm³/mol. The summed E-state index contributed by atoms with van der Waals surface area (Å²) in [4.78, 5) is 30.5. The molecule has 0 bridgehead atoms. The first kappa shape index (κ1) is 21.6. The first-order valence-corrected chi connectivity index (χ1v) is 9.61. The summed E-state index contributed by atoms with van der Waals surface area (Å²) in [6.45, 7) is 12.5. The van der Waals surface area contributed by atoms with Gasteiger partial charge in [-0.15, -0.1) is 11.3 Å². The van der Waals surface area contributed by atoms with Gasteiger partial charge in [-0.3, -0.25) is 4.79 Å². The van der Waals surface area contributed by atoms with Crippen LogP contribution >= 0.6 is 11.3 Å². The van der Waals surface area contributed by atoms with Gasteiger partial charge in [0.1, 0.15) is 5.01 Å². The maximum absolute atomic E-state index is 12.6. The molecule has 0 unspecified atom stereocenters. The minimum Gasteiger partial charge on any atom is -0.461 e. The monoisotopic (exact) mass is 370 g/mol. The van der Waals surface area contributed by atoms with Crippen molar-refractivity contribution < 1.29 is 19.1 Å².